The third-order valence-corrected chi connectivity index (χ3v) is 4.36. The Morgan fingerprint density at radius 3 is 2.54 bits per heavy atom. The van der Waals surface area contributed by atoms with Gasteiger partial charge in [-0.05, 0) is 30.3 Å². The molecule has 1 saturated heterocycles. The van der Waals surface area contributed by atoms with Gasteiger partial charge in [-0.3, -0.25) is 4.79 Å². The molecular formula is C17H15Cl2N3O2. The topological polar surface area (TPSA) is 61.4 Å². The van der Waals surface area contributed by atoms with Gasteiger partial charge in [0.1, 0.15) is 6.04 Å². The maximum atomic E-state index is 12.7. The van der Waals surface area contributed by atoms with Crippen molar-refractivity contribution in [3.8, 4) is 0 Å². The van der Waals surface area contributed by atoms with Crippen molar-refractivity contribution in [1.82, 2.24) is 10.2 Å². The highest BCUT2D eigenvalue weighted by Gasteiger charge is 2.35. The molecule has 0 aliphatic carbocycles. The van der Waals surface area contributed by atoms with Crippen molar-refractivity contribution < 1.29 is 9.59 Å². The number of halogens is 2. The molecule has 1 fully saturated rings. The third-order valence-electron chi connectivity index (χ3n) is 3.77. The number of urea groups is 1. The van der Waals surface area contributed by atoms with E-state index in [2.05, 4.69) is 10.6 Å². The summed E-state index contributed by atoms with van der Waals surface area (Å²) in [7, 11) is 0. The van der Waals surface area contributed by atoms with Crippen molar-refractivity contribution in [3.63, 3.8) is 0 Å². The molecule has 1 unspecified atom stereocenters. The second-order valence-corrected chi connectivity index (χ2v) is 6.19. The molecular weight excluding hydrogens is 349 g/mol. The van der Waals surface area contributed by atoms with Gasteiger partial charge in [0.05, 0.1) is 0 Å². The molecule has 3 rings (SSSR count). The Kier molecular flexibility index (Phi) is 4.92. The zero-order chi connectivity index (χ0) is 17.1. The van der Waals surface area contributed by atoms with E-state index in [9.17, 15) is 9.59 Å². The Hall–Kier alpha value is -2.24. The highest BCUT2D eigenvalue weighted by atomic mass is 35.5. The predicted octanol–water partition coefficient (Wildman–Crippen LogP) is 3.70. The SMILES string of the molecule is O=C1NCCN(C(=O)Nc2ccc(Cl)cc2)C1c1ccccc1Cl. The van der Waals surface area contributed by atoms with Crippen molar-refractivity contribution in [2.45, 2.75) is 6.04 Å². The first-order chi connectivity index (χ1) is 11.6. The van der Waals surface area contributed by atoms with Gasteiger partial charge in [-0.25, -0.2) is 4.79 Å². The minimum absolute atomic E-state index is 0.249. The van der Waals surface area contributed by atoms with Gasteiger partial charge in [0.2, 0.25) is 5.91 Å². The molecule has 2 aromatic rings. The molecule has 1 heterocycles. The molecule has 0 spiro atoms. The molecule has 7 heteroatoms. The normalized spacial score (nSPS) is 17.3. The standard InChI is InChI=1S/C17H15Cl2N3O2/c18-11-5-7-12(8-6-11)21-17(24)22-10-9-20-16(23)15(22)13-3-1-2-4-14(13)19/h1-8,15H,9-10H2,(H,20,23)(H,21,24). The van der Waals surface area contributed by atoms with Crippen LogP contribution in [0.1, 0.15) is 11.6 Å². The summed E-state index contributed by atoms with van der Waals surface area (Å²) in [6, 6.07) is 12.7. The van der Waals surface area contributed by atoms with Crippen LogP contribution >= 0.6 is 23.2 Å². The Morgan fingerprint density at radius 2 is 1.83 bits per heavy atom. The van der Waals surface area contributed by atoms with Crippen LogP contribution in [0.5, 0.6) is 0 Å². The molecule has 1 aliphatic rings. The number of carbonyl (C=O) groups is 2. The number of anilines is 1. The van der Waals surface area contributed by atoms with E-state index in [4.69, 9.17) is 23.2 Å². The average Bonchev–Trinajstić information content (AvgIpc) is 2.57. The number of carbonyl (C=O) groups excluding carboxylic acids is 2. The number of benzene rings is 2. The van der Waals surface area contributed by atoms with Crippen LogP contribution < -0.4 is 10.6 Å². The number of amides is 3. The highest BCUT2D eigenvalue weighted by molar-refractivity contribution is 6.31. The van der Waals surface area contributed by atoms with E-state index in [0.29, 0.717) is 34.4 Å². The van der Waals surface area contributed by atoms with E-state index < -0.39 is 6.04 Å². The number of hydrogen-bond acceptors (Lipinski definition) is 2. The second kappa shape index (κ2) is 7.11. The van der Waals surface area contributed by atoms with Gasteiger partial charge >= 0.3 is 6.03 Å². The fourth-order valence-corrected chi connectivity index (χ4v) is 2.99. The average molecular weight is 364 g/mol. The molecule has 1 aliphatic heterocycles. The van der Waals surface area contributed by atoms with Crippen molar-refractivity contribution >= 4 is 40.8 Å². The number of piperazine rings is 1. The predicted molar refractivity (Wildman–Crippen MR) is 94.4 cm³/mol. The van der Waals surface area contributed by atoms with Gasteiger partial charge in [-0.2, -0.15) is 0 Å². The van der Waals surface area contributed by atoms with E-state index >= 15 is 0 Å². The molecule has 0 saturated carbocycles. The van der Waals surface area contributed by atoms with Crippen molar-refractivity contribution in [1.29, 1.82) is 0 Å². The minimum atomic E-state index is -0.764. The number of rotatable bonds is 2. The van der Waals surface area contributed by atoms with E-state index in [1.54, 1.807) is 48.5 Å². The van der Waals surface area contributed by atoms with Crippen molar-refractivity contribution in [2.24, 2.45) is 0 Å². The molecule has 0 radical (unpaired) electrons. The largest absolute Gasteiger partial charge is 0.352 e. The minimum Gasteiger partial charge on any atom is -0.352 e. The third kappa shape index (κ3) is 3.47. The number of nitrogens with zero attached hydrogens (tertiary/aromatic N) is 1. The molecule has 3 amide bonds. The Balaban J connectivity index is 1.86. The molecule has 0 aromatic heterocycles. The van der Waals surface area contributed by atoms with Crippen LogP contribution in [-0.2, 0) is 4.79 Å². The molecule has 0 bridgehead atoms. The van der Waals surface area contributed by atoms with Crippen LogP contribution in [0.15, 0.2) is 48.5 Å². The van der Waals surface area contributed by atoms with Crippen LogP contribution in [-0.4, -0.2) is 29.9 Å². The van der Waals surface area contributed by atoms with Crippen LogP contribution in [0.3, 0.4) is 0 Å². The fourth-order valence-electron chi connectivity index (χ4n) is 2.62. The van der Waals surface area contributed by atoms with Crippen LogP contribution in [0.4, 0.5) is 10.5 Å². The zero-order valence-corrected chi connectivity index (χ0v) is 14.1. The fraction of sp³-hybridized carbons (Fsp3) is 0.176. The molecule has 124 valence electrons. The van der Waals surface area contributed by atoms with E-state index in [-0.39, 0.29) is 11.9 Å². The summed E-state index contributed by atoms with van der Waals surface area (Å²) < 4.78 is 0. The summed E-state index contributed by atoms with van der Waals surface area (Å²) >= 11 is 12.1. The van der Waals surface area contributed by atoms with E-state index in [0.717, 1.165) is 0 Å². The van der Waals surface area contributed by atoms with Gasteiger partial charge in [-0.1, -0.05) is 41.4 Å². The molecule has 24 heavy (non-hydrogen) atoms. The molecule has 1 atom stereocenters. The molecule has 5 nitrogen and oxygen atoms in total. The maximum absolute atomic E-state index is 12.7. The first-order valence-electron chi connectivity index (χ1n) is 7.41. The Labute approximate surface area is 149 Å². The lowest BCUT2D eigenvalue weighted by Gasteiger charge is -2.35. The maximum Gasteiger partial charge on any atom is 0.322 e. The lowest BCUT2D eigenvalue weighted by molar-refractivity contribution is -0.127. The van der Waals surface area contributed by atoms with Gasteiger partial charge in [0, 0.05) is 34.4 Å². The Bertz CT molecular complexity index is 765. The summed E-state index contributed by atoms with van der Waals surface area (Å²) in [5, 5.41) is 6.59. The smallest absolute Gasteiger partial charge is 0.322 e. The van der Waals surface area contributed by atoms with Gasteiger partial charge in [0.25, 0.3) is 0 Å². The molecule has 2 aromatic carbocycles. The monoisotopic (exact) mass is 363 g/mol. The van der Waals surface area contributed by atoms with Crippen molar-refractivity contribution in [2.75, 3.05) is 18.4 Å². The lowest BCUT2D eigenvalue weighted by Crippen LogP contribution is -2.53. The second-order valence-electron chi connectivity index (χ2n) is 5.35. The summed E-state index contributed by atoms with van der Waals surface area (Å²) in [6.07, 6.45) is 0. The van der Waals surface area contributed by atoms with E-state index in [1.807, 2.05) is 0 Å². The lowest BCUT2D eigenvalue weighted by atomic mass is 10.0. The van der Waals surface area contributed by atoms with Crippen LogP contribution in [0, 0.1) is 0 Å². The summed E-state index contributed by atoms with van der Waals surface area (Å²) in [5.41, 5.74) is 1.20. The van der Waals surface area contributed by atoms with Gasteiger partial charge in [0.15, 0.2) is 0 Å². The van der Waals surface area contributed by atoms with Crippen molar-refractivity contribution in [3.05, 3.63) is 64.1 Å². The Morgan fingerprint density at radius 1 is 1.12 bits per heavy atom. The summed E-state index contributed by atoms with van der Waals surface area (Å²) in [5.74, 6) is -0.249. The number of hydrogen-bond donors (Lipinski definition) is 2. The number of nitrogens with one attached hydrogen (secondary N) is 2. The van der Waals surface area contributed by atoms with Crippen LogP contribution in [0.2, 0.25) is 10.0 Å². The molecule has 2 N–H and O–H groups in total. The summed E-state index contributed by atoms with van der Waals surface area (Å²) in [6.45, 7) is 0.787. The zero-order valence-electron chi connectivity index (χ0n) is 12.6. The van der Waals surface area contributed by atoms with Gasteiger partial charge < -0.3 is 15.5 Å². The first kappa shape index (κ1) is 16.6. The highest BCUT2D eigenvalue weighted by Crippen LogP contribution is 2.29. The first-order valence-corrected chi connectivity index (χ1v) is 8.17. The quantitative estimate of drug-likeness (QED) is 0.854. The van der Waals surface area contributed by atoms with Crippen LogP contribution in [0.25, 0.3) is 0 Å². The van der Waals surface area contributed by atoms with Gasteiger partial charge in [-0.15, -0.1) is 0 Å². The van der Waals surface area contributed by atoms with E-state index in [1.165, 1.54) is 4.90 Å². The summed E-state index contributed by atoms with van der Waals surface area (Å²) in [4.78, 5) is 26.5.